The molecule has 158 valence electrons. The first-order valence-electron chi connectivity index (χ1n) is 10.6. The summed E-state index contributed by atoms with van der Waals surface area (Å²) in [4.78, 5) is 37.5. The Bertz CT molecular complexity index is 1230. The van der Waals surface area contributed by atoms with Crippen LogP contribution in [0.4, 0.5) is 11.4 Å². The van der Waals surface area contributed by atoms with Gasteiger partial charge in [0.2, 0.25) is 11.8 Å². The summed E-state index contributed by atoms with van der Waals surface area (Å²) in [7, 11) is 0. The SMILES string of the molecule is N#Cc1cccc(N2CC(C(=O)N3CCc4cc(Cc5cncnc5)ccc43)CC2=O)c1. The van der Waals surface area contributed by atoms with Crippen molar-refractivity contribution in [3.8, 4) is 6.07 Å². The van der Waals surface area contributed by atoms with Crippen LogP contribution in [-0.2, 0) is 22.4 Å². The van der Waals surface area contributed by atoms with Gasteiger partial charge >= 0.3 is 0 Å². The quantitative estimate of drug-likeness (QED) is 0.644. The minimum absolute atomic E-state index is 0.0137. The Morgan fingerprint density at radius 2 is 1.97 bits per heavy atom. The molecule has 0 spiro atoms. The number of hydrogen-bond donors (Lipinski definition) is 0. The molecule has 0 N–H and O–H groups in total. The van der Waals surface area contributed by atoms with Gasteiger partial charge in [0.1, 0.15) is 6.33 Å². The Morgan fingerprint density at radius 3 is 2.78 bits per heavy atom. The molecule has 2 aromatic carbocycles. The van der Waals surface area contributed by atoms with Crippen molar-refractivity contribution in [3.05, 3.63) is 83.4 Å². The van der Waals surface area contributed by atoms with Gasteiger partial charge < -0.3 is 9.80 Å². The van der Waals surface area contributed by atoms with Gasteiger partial charge in [0.05, 0.1) is 17.6 Å². The van der Waals surface area contributed by atoms with E-state index in [1.165, 1.54) is 6.33 Å². The van der Waals surface area contributed by atoms with Crippen molar-refractivity contribution in [1.29, 1.82) is 5.26 Å². The van der Waals surface area contributed by atoms with Gasteiger partial charge in [-0.25, -0.2) is 9.97 Å². The highest BCUT2D eigenvalue weighted by molar-refractivity contribution is 6.05. The summed E-state index contributed by atoms with van der Waals surface area (Å²) in [5, 5.41) is 9.13. The summed E-state index contributed by atoms with van der Waals surface area (Å²) in [6.07, 6.45) is 6.87. The van der Waals surface area contributed by atoms with Gasteiger partial charge in [0.25, 0.3) is 0 Å². The molecule has 32 heavy (non-hydrogen) atoms. The number of anilines is 2. The van der Waals surface area contributed by atoms with Crippen LogP contribution in [0.25, 0.3) is 0 Å². The van der Waals surface area contributed by atoms with E-state index < -0.39 is 0 Å². The average Bonchev–Trinajstić information content (AvgIpc) is 3.42. The predicted molar refractivity (Wildman–Crippen MR) is 119 cm³/mol. The molecule has 3 aromatic rings. The zero-order chi connectivity index (χ0) is 22.1. The molecule has 5 rings (SSSR count). The van der Waals surface area contributed by atoms with Gasteiger partial charge in [-0.2, -0.15) is 5.26 Å². The molecule has 1 aromatic heterocycles. The second-order valence-corrected chi connectivity index (χ2v) is 8.19. The third kappa shape index (κ3) is 3.71. The third-order valence-corrected chi connectivity index (χ3v) is 6.09. The van der Waals surface area contributed by atoms with E-state index in [0.717, 1.165) is 35.2 Å². The van der Waals surface area contributed by atoms with Gasteiger partial charge in [-0.1, -0.05) is 18.2 Å². The molecule has 1 fully saturated rings. The molecule has 0 saturated carbocycles. The molecule has 1 unspecified atom stereocenters. The fourth-order valence-corrected chi connectivity index (χ4v) is 4.54. The van der Waals surface area contributed by atoms with E-state index in [0.29, 0.717) is 24.3 Å². The van der Waals surface area contributed by atoms with Crippen LogP contribution in [0.5, 0.6) is 0 Å². The lowest BCUT2D eigenvalue weighted by Crippen LogP contribution is -2.36. The lowest BCUT2D eigenvalue weighted by Gasteiger charge is -2.22. The molecule has 0 bridgehead atoms. The maximum atomic E-state index is 13.3. The van der Waals surface area contributed by atoms with Gasteiger partial charge in [0, 0.05) is 49.7 Å². The van der Waals surface area contributed by atoms with E-state index in [4.69, 9.17) is 5.26 Å². The van der Waals surface area contributed by atoms with Crippen LogP contribution >= 0.6 is 0 Å². The van der Waals surface area contributed by atoms with Crippen molar-refractivity contribution < 1.29 is 9.59 Å². The fourth-order valence-electron chi connectivity index (χ4n) is 4.54. The summed E-state index contributed by atoms with van der Waals surface area (Å²) in [6.45, 7) is 0.963. The Kier molecular flexibility index (Phi) is 5.12. The summed E-state index contributed by atoms with van der Waals surface area (Å²) >= 11 is 0. The van der Waals surface area contributed by atoms with Crippen molar-refractivity contribution in [2.75, 3.05) is 22.9 Å². The molecule has 0 radical (unpaired) electrons. The van der Waals surface area contributed by atoms with E-state index in [9.17, 15) is 9.59 Å². The molecule has 1 saturated heterocycles. The number of amides is 2. The number of aromatic nitrogens is 2. The first kappa shape index (κ1) is 19.9. The molecular weight excluding hydrogens is 402 g/mol. The highest BCUT2D eigenvalue weighted by Gasteiger charge is 2.39. The molecule has 7 heteroatoms. The minimum atomic E-state index is -0.389. The number of hydrogen-bond acceptors (Lipinski definition) is 5. The molecular formula is C25H21N5O2. The monoisotopic (exact) mass is 423 g/mol. The van der Waals surface area contributed by atoms with Crippen LogP contribution in [0.15, 0.2) is 61.2 Å². The molecule has 2 aliphatic heterocycles. The maximum Gasteiger partial charge on any atom is 0.232 e. The topological polar surface area (TPSA) is 90.2 Å². The number of rotatable bonds is 4. The number of carbonyl (C=O) groups excluding carboxylic acids is 2. The van der Waals surface area contributed by atoms with Crippen LogP contribution in [-0.4, -0.2) is 34.9 Å². The zero-order valence-corrected chi connectivity index (χ0v) is 17.4. The molecule has 1 atom stereocenters. The normalized spacial score (nSPS) is 17.3. The minimum Gasteiger partial charge on any atom is -0.312 e. The van der Waals surface area contributed by atoms with Gasteiger partial charge in [-0.3, -0.25) is 9.59 Å². The molecule has 2 aliphatic rings. The van der Waals surface area contributed by atoms with Gasteiger partial charge in [-0.15, -0.1) is 0 Å². The average molecular weight is 423 g/mol. The summed E-state index contributed by atoms with van der Waals surface area (Å²) in [6, 6.07) is 15.2. The molecule has 3 heterocycles. The Morgan fingerprint density at radius 1 is 1.12 bits per heavy atom. The van der Waals surface area contributed by atoms with Crippen molar-refractivity contribution in [2.24, 2.45) is 5.92 Å². The third-order valence-electron chi connectivity index (χ3n) is 6.09. The molecule has 7 nitrogen and oxygen atoms in total. The van der Waals surface area contributed by atoms with E-state index in [1.54, 1.807) is 29.2 Å². The second kappa shape index (κ2) is 8.23. The Labute approximate surface area is 185 Å². The van der Waals surface area contributed by atoms with Gasteiger partial charge in [-0.05, 0) is 47.4 Å². The van der Waals surface area contributed by atoms with Crippen LogP contribution in [0.1, 0.15) is 28.7 Å². The summed E-state index contributed by atoms with van der Waals surface area (Å²) in [5.74, 6) is -0.487. The van der Waals surface area contributed by atoms with Gasteiger partial charge in [0.15, 0.2) is 0 Å². The maximum absolute atomic E-state index is 13.3. The first-order valence-corrected chi connectivity index (χ1v) is 10.6. The van der Waals surface area contributed by atoms with Crippen LogP contribution in [0.3, 0.4) is 0 Å². The van der Waals surface area contributed by atoms with E-state index in [1.807, 2.05) is 29.4 Å². The number of benzene rings is 2. The van der Waals surface area contributed by atoms with Crippen molar-refractivity contribution in [2.45, 2.75) is 19.3 Å². The largest absolute Gasteiger partial charge is 0.312 e. The number of nitrogens with zero attached hydrogens (tertiary/aromatic N) is 5. The van der Waals surface area contributed by atoms with E-state index in [-0.39, 0.29) is 24.2 Å². The lowest BCUT2D eigenvalue weighted by atomic mass is 10.0. The van der Waals surface area contributed by atoms with Crippen molar-refractivity contribution >= 4 is 23.2 Å². The Balaban J connectivity index is 1.31. The number of fused-ring (bicyclic) bond motifs is 1. The van der Waals surface area contributed by atoms with Crippen LogP contribution in [0, 0.1) is 17.2 Å². The highest BCUT2D eigenvalue weighted by atomic mass is 16.2. The fraction of sp³-hybridized carbons (Fsp3) is 0.240. The summed E-state index contributed by atoms with van der Waals surface area (Å²) in [5.41, 5.74) is 5.45. The summed E-state index contributed by atoms with van der Waals surface area (Å²) < 4.78 is 0. The molecule has 2 amide bonds. The predicted octanol–water partition coefficient (Wildman–Crippen LogP) is 2.88. The first-order chi connectivity index (χ1) is 15.6. The number of nitriles is 1. The van der Waals surface area contributed by atoms with E-state index in [2.05, 4.69) is 22.1 Å². The van der Waals surface area contributed by atoms with Crippen LogP contribution in [0.2, 0.25) is 0 Å². The standard InChI is InChI=1S/C25H21N5O2/c26-12-18-2-1-3-22(10-18)30-15-21(11-24(30)31)25(32)29-7-6-20-9-17(4-5-23(20)29)8-19-13-27-16-28-14-19/h1-5,9-10,13-14,16,21H,6-8,11,15H2. The Hall–Kier alpha value is -4.05. The number of carbonyl (C=O) groups is 2. The zero-order valence-electron chi connectivity index (χ0n) is 17.4. The second-order valence-electron chi connectivity index (χ2n) is 8.19. The highest BCUT2D eigenvalue weighted by Crippen LogP contribution is 2.33. The van der Waals surface area contributed by atoms with Crippen molar-refractivity contribution in [3.63, 3.8) is 0 Å². The smallest absolute Gasteiger partial charge is 0.232 e. The molecule has 0 aliphatic carbocycles. The lowest BCUT2D eigenvalue weighted by molar-refractivity contribution is -0.124. The van der Waals surface area contributed by atoms with Crippen LogP contribution < -0.4 is 9.80 Å². The van der Waals surface area contributed by atoms with E-state index >= 15 is 0 Å². The van der Waals surface area contributed by atoms with Crippen molar-refractivity contribution in [1.82, 2.24) is 9.97 Å².